The van der Waals surface area contributed by atoms with Crippen LogP contribution in [0.5, 0.6) is 0 Å². The zero-order valence-electron chi connectivity index (χ0n) is 14.7. The molecule has 0 amide bonds. The molecule has 2 aliphatic rings. The molecule has 7 nitrogen and oxygen atoms in total. The molecule has 1 atom stereocenters. The summed E-state index contributed by atoms with van der Waals surface area (Å²) in [6, 6.07) is 0. The highest BCUT2D eigenvalue weighted by Crippen LogP contribution is 2.66. The molecular formula is C15H26NO6P. The molecule has 1 unspecified atom stereocenters. The largest absolute Gasteiger partial charge is 0.623 e. The van der Waals surface area contributed by atoms with E-state index in [1.807, 2.05) is 13.8 Å². The van der Waals surface area contributed by atoms with Crippen LogP contribution in [0.1, 0.15) is 54.4 Å². The van der Waals surface area contributed by atoms with Gasteiger partial charge in [-0.2, -0.15) is 4.74 Å². The Morgan fingerprint density at radius 3 is 2.26 bits per heavy atom. The predicted octanol–water partition coefficient (Wildman–Crippen LogP) is 3.06. The Hall–Kier alpha value is -0.910. The molecule has 2 heterocycles. The van der Waals surface area contributed by atoms with Gasteiger partial charge >= 0.3 is 13.6 Å². The Labute approximate surface area is 137 Å². The summed E-state index contributed by atoms with van der Waals surface area (Å²) in [5, 5.41) is 11.3. The van der Waals surface area contributed by atoms with Crippen LogP contribution in [0.4, 0.5) is 0 Å². The first-order valence-corrected chi connectivity index (χ1v) is 9.30. The second-order valence-corrected chi connectivity index (χ2v) is 10.6. The van der Waals surface area contributed by atoms with Crippen molar-refractivity contribution in [3.8, 4) is 0 Å². The van der Waals surface area contributed by atoms with E-state index in [2.05, 4.69) is 0 Å². The Morgan fingerprint density at radius 1 is 1.26 bits per heavy atom. The van der Waals surface area contributed by atoms with E-state index < -0.39 is 24.4 Å². The van der Waals surface area contributed by atoms with E-state index in [1.165, 1.54) is 6.92 Å². The third kappa shape index (κ3) is 3.47. The first kappa shape index (κ1) is 18.4. The van der Waals surface area contributed by atoms with Crippen molar-refractivity contribution in [1.29, 1.82) is 0 Å². The molecule has 0 saturated carbocycles. The second-order valence-electron chi connectivity index (χ2n) is 8.17. The van der Waals surface area contributed by atoms with Crippen molar-refractivity contribution in [2.45, 2.75) is 65.3 Å². The molecule has 0 aromatic rings. The summed E-state index contributed by atoms with van der Waals surface area (Å²) >= 11 is 0. The fraction of sp³-hybridized carbons (Fsp3) is 0.867. The molecule has 23 heavy (non-hydrogen) atoms. The van der Waals surface area contributed by atoms with Crippen LogP contribution in [0.3, 0.4) is 0 Å². The lowest BCUT2D eigenvalue weighted by atomic mass is 9.97. The number of carbonyl (C=O) groups excluding carboxylic acids is 1. The van der Waals surface area contributed by atoms with Gasteiger partial charge in [0, 0.05) is 25.2 Å². The summed E-state index contributed by atoms with van der Waals surface area (Å²) in [5.74, 6) is -0.680. The molecule has 0 radical (unpaired) electrons. The minimum atomic E-state index is -3.65. The smallest absolute Gasteiger partial charge is 0.401 e. The van der Waals surface area contributed by atoms with E-state index >= 15 is 0 Å². The van der Waals surface area contributed by atoms with Gasteiger partial charge in [-0.25, -0.2) is 4.79 Å². The third-order valence-electron chi connectivity index (χ3n) is 3.99. The summed E-state index contributed by atoms with van der Waals surface area (Å²) in [6.45, 7) is 11.1. The van der Waals surface area contributed by atoms with Gasteiger partial charge < -0.3 is 19.0 Å². The molecular weight excluding hydrogens is 321 g/mol. The van der Waals surface area contributed by atoms with Gasteiger partial charge in [0.05, 0.1) is 13.2 Å². The normalized spacial score (nSPS) is 30.3. The van der Waals surface area contributed by atoms with Crippen LogP contribution < -0.4 is 0 Å². The first-order chi connectivity index (χ1) is 10.3. The third-order valence-corrected chi connectivity index (χ3v) is 6.52. The predicted molar refractivity (Wildman–Crippen MR) is 85.4 cm³/mol. The molecule has 0 spiro atoms. The summed E-state index contributed by atoms with van der Waals surface area (Å²) in [7, 11) is -3.65. The van der Waals surface area contributed by atoms with Crippen LogP contribution in [0, 0.1) is 10.6 Å². The molecule has 132 valence electrons. The maximum Gasteiger partial charge on any atom is 0.401 e. The fourth-order valence-electron chi connectivity index (χ4n) is 2.50. The first-order valence-electron chi connectivity index (χ1n) is 7.76. The van der Waals surface area contributed by atoms with Crippen molar-refractivity contribution in [1.82, 2.24) is 0 Å². The SMILES string of the molecule is CC1(C)COP(=O)(C2(C)CCC(C(=O)OC(C)(C)C)=[N+]2[O-])OC1. The van der Waals surface area contributed by atoms with Crippen LogP contribution in [0.2, 0.25) is 0 Å². The van der Waals surface area contributed by atoms with Crippen molar-refractivity contribution >= 4 is 19.3 Å². The van der Waals surface area contributed by atoms with E-state index in [1.54, 1.807) is 20.8 Å². The summed E-state index contributed by atoms with van der Waals surface area (Å²) in [5.41, 5.74) is -0.987. The number of rotatable bonds is 2. The minimum absolute atomic E-state index is 0.0327. The molecule has 0 aromatic carbocycles. The highest BCUT2D eigenvalue weighted by atomic mass is 31.2. The standard InChI is InChI=1S/C15H26NO6P/c1-13(2,3)22-12(17)11-7-8-15(6,16(11)18)23(19)20-9-14(4,5)10-21-23/h7-10H2,1-6H3. The molecule has 1 fully saturated rings. The van der Waals surface area contributed by atoms with Crippen LogP contribution in [-0.2, 0) is 23.1 Å². The summed E-state index contributed by atoms with van der Waals surface area (Å²) < 4.78 is 29.8. The molecule has 0 bridgehead atoms. The molecule has 2 aliphatic heterocycles. The van der Waals surface area contributed by atoms with E-state index in [-0.39, 0.29) is 37.2 Å². The highest BCUT2D eigenvalue weighted by Gasteiger charge is 2.62. The van der Waals surface area contributed by atoms with Crippen molar-refractivity contribution in [3.63, 3.8) is 0 Å². The van der Waals surface area contributed by atoms with Gasteiger partial charge in [0.25, 0.3) is 11.0 Å². The second kappa shape index (κ2) is 5.57. The minimum Gasteiger partial charge on any atom is -0.623 e. The molecule has 2 rings (SSSR count). The number of hydrogen-bond acceptors (Lipinski definition) is 6. The number of esters is 1. The topological polar surface area (TPSA) is 87.9 Å². The molecule has 1 saturated heterocycles. The zero-order chi connectivity index (χ0) is 17.7. The molecule has 8 heteroatoms. The Morgan fingerprint density at radius 2 is 1.78 bits per heavy atom. The van der Waals surface area contributed by atoms with Gasteiger partial charge in [-0.3, -0.25) is 4.57 Å². The van der Waals surface area contributed by atoms with Gasteiger partial charge in [0.1, 0.15) is 5.60 Å². The van der Waals surface area contributed by atoms with Crippen LogP contribution >= 0.6 is 7.60 Å². The lowest BCUT2D eigenvalue weighted by Gasteiger charge is -2.39. The monoisotopic (exact) mass is 347 g/mol. The maximum atomic E-state index is 13.1. The van der Waals surface area contributed by atoms with Crippen LogP contribution in [0.15, 0.2) is 0 Å². The van der Waals surface area contributed by atoms with Gasteiger partial charge in [0.15, 0.2) is 0 Å². The summed E-state index contributed by atoms with van der Waals surface area (Å²) in [6.07, 6.45) is 0.414. The Balaban J connectivity index is 2.27. The van der Waals surface area contributed by atoms with E-state index in [4.69, 9.17) is 13.8 Å². The zero-order valence-corrected chi connectivity index (χ0v) is 15.6. The van der Waals surface area contributed by atoms with Gasteiger partial charge in [-0.15, -0.1) is 0 Å². The van der Waals surface area contributed by atoms with Crippen LogP contribution in [-0.4, -0.2) is 40.5 Å². The Bertz CT molecular complexity index is 577. The fourth-order valence-corrected chi connectivity index (χ4v) is 4.89. The summed E-state index contributed by atoms with van der Waals surface area (Å²) in [4.78, 5) is 12.2. The Kier molecular flexibility index (Phi) is 4.46. The van der Waals surface area contributed by atoms with Crippen molar-refractivity contribution in [2.24, 2.45) is 5.41 Å². The lowest BCUT2D eigenvalue weighted by Crippen LogP contribution is -2.41. The lowest BCUT2D eigenvalue weighted by molar-refractivity contribution is -0.511. The van der Waals surface area contributed by atoms with E-state index in [0.717, 1.165) is 0 Å². The van der Waals surface area contributed by atoms with Crippen LogP contribution in [0.25, 0.3) is 0 Å². The van der Waals surface area contributed by atoms with Crippen molar-refractivity contribution in [3.05, 3.63) is 5.21 Å². The molecule has 0 aliphatic carbocycles. The molecule has 0 aromatic heterocycles. The quantitative estimate of drug-likeness (QED) is 0.330. The van der Waals surface area contributed by atoms with Gasteiger partial charge in [-0.05, 0) is 20.8 Å². The number of hydroxylamine groups is 1. The number of nitrogens with zero attached hydrogens (tertiary/aromatic N) is 1. The van der Waals surface area contributed by atoms with Crippen molar-refractivity contribution < 1.29 is 27.9 Å². The van der Waals surface area contributed by atoms with Gasteiger partial charge in [0.2, 0.25) is 0 Å². The number of carbonyl (C=O) groups is 1. The van der Waals surface area contributed by atoms with Crippen molar-refractivity contribution in [2.75, 3.05) is 13.2 Å². The average molecular weight is 347 g/mol. The number of hydrogen-bond donors (Lipinski definition) is 0. The maximum absolute atomic E-state index is 13.1. The number of ether oxygens (including phenoxy) is 1. The molecule has 0 N–H and O–H groups in total. The average Bonchev–Trinajstić information content (AvgIpc) is 2.70. The van der Waals surface area contributed by atoms with Gasteiger partial charge in [-0.1, -0.05) is 13.8 Å². The van der Waals surface area contributed by atoms with E-state index in [0.29, 0.717) is 4.74 Å². The van der Waals surface area contributed by atoms with E-state index in [9.17, 15) is 14.6 Å². The highest BCUT2D eigenvalue weighted by molar-refractivity contribution is 7.55.